The monoisotopic (exact) mass is 816 g/mol. The van der Waals surface area contributed by atoms with E-state index in [0.717, 1.165) is 55.7 Å². The molecule has 11 rings (SSSR count). The third kappa shape index (κ3) is 5.62. The maximum atomic E-state index is 14.4. The van der Waals surface area contributed by atoms with E-state index in [1.165, 1.54) is 93.0 Å². The normalized spacial score (nSPS) is 14.1. The van der Waals surface area contributed by atoms with Crippen LogP contribution in [0, 0.1) is 23.3 Å². The molecule has 0 spiro atoms. The maximum Gasteiger partial charge on any atom is 0.123 e. The van der Waals surface area contributed by atoms with Gasteiger partial charge < -0.3 is 9.80 Å². The zero-order chi connectivity index (χ0) is 42.7. The molecule has 302 valence electrons. The van der Waals surface area contributed by atoms with E-state index in [4.69, 9.17) is 0 Å². The lowest BCUT2D eigenvalue weighted by Crippen LogP contribution is -2.18. The van der Waals surface area contributed by atoms with Crippen LogP contribution in [0.2, 0.25) is 0 Å². The third-order valence-electron chi connectivity index (χ3n) is 13.3. The fourth-order valence-electron chi connectivity index (χ4n) is 10.2. The summed E-state index contributed by atoms with van der Waals surface area (Å²) >= 11 is 0. The molecule has 2 aliphatic rings. The molecule has 6 heteroatoms. The van der Waals surface area contributed by atoms with Crippen molar-refractivity contribution in [2.75, 3.05) is 9.80 Å². The largest absolute Gasteiger partial charge is 0.310 e. The average Bonchev–Trinajstić information content (AvgIpc) is 3.64. The zero-order valence-electron chi connectivity index (χ0n) is 34.6. The van der Waals surface area contributed by atoms with Crippen LogP contribution in [-0.4, -0.2) is 0 Å². The topological polar surface area (TPSA) is 6.48 Å². The van der Waals surface area contributed by atoms with Crippen LogP contribution in [-0.2, 0) is 10.8 Å². The smallest absolute Gasteiger partial charge is 0.123 e. The Bertz CT molecular complexity index is 2950. The molecular weight excluding hydrogens is 777 g/mol. The van der Waals surface area contributed by atoms with Gasteiger partial charge in [0.2, 0.25) is 0 Å². The van der Waals surface area contributed by atoms with E-state index >= 15 is 0 Å². The van der Waals surface area contributed by atoms with E-state index in [9.17, 15) is 17.6 Å². The van der Waals surface area contributed by atoms with E-state index in [-0.39, 0.29) is 23.3 Å². The molecule has 0 saturated carbocycles. The van der Waals surface area contributed by atoms with Crippen molar-refractivity contribution < 1.29 is 17.6 Å². The number of halogens is 4. The van der Waals surface area contributed by atoms with E-state index in [1.54, 1.807) is 48.5 Å². The quantitative estimate of drug-likeness (QED) is 0.154. The SMILES string of the molecule is CC1(C)c2cc3c(cc2-c2c1cc(N(c1ccc(F)cc1)c1ccc(F)cc1)c1ccccc21)C(C)(C)c1cc(N(c2ccc(F)cc2)c2ccc(F)cc2)c2ccccc2c1-3. The summed E-state index contributed by atoms with van der Waals surface area (Å²) in [5.41, 5.74) is 13.5. The van der Waals surface area contributed by atoms with Crippen LogP contribution >= 0.6 is 0 Å². The number of hydrogen-bond donors (Lipinski definition) is 0. The van der Waals surface area contributed by atoms with E-state index < -0.39 is 10.8 Å². The zero-order valence-corrected chi connectivity index (χ0v) is 34.6. The molecule has 0 N–H and O–H groups in total. The Hall–Kier alpha value is -7.18. The van der Waals surface area contributed by atoms with Gasteiger partial charge in [0.05, 0.1) is 11.4 Å². The summed E-state index contributed by atoms with van der Waals surface area (Å²) < 4.78 is 57.4. The Morgan fingerprint density at radius 3 is 0.887 bits per heavy atom. The Morgan fingerprint density at radius 1 is 0.323 bits per heavy atom. The molecule has 0 saturated heterocycles. The predicted octanol–water partition coefficient (Wildman–Crippen LogP) is 16.1. The van der Waals surface area contributed by atoms with Gasteiger partial charge in [-0.3, -0.25) is 0 Å². The Labute approximate surface area is 357 Å². The average molecular weight is 817 g/mol. The molecule has 9 aromatic carbocycles. The Kier molecular flexibility index (Phi) is 8.33. The standard InChI is InChI=1S/C56H40F4N2/c1-55(2)47-29-46-48(30-45(47)53-43-11-7-5-9-41(43)51(31-49(53)55)61(37-21-13-33(57)14-22-37)38-23-15-34(58)16-24-38)56(3,4)50-32-52(42-10-6-8-12-44(42)54(46)50)62(39-25-17-35(59)18-26-39)40-27-19-36(60)20-28-40/h5-32H,1-4H3. The summed E-state index contributed by atoms with van der Waals surface area (Å²) in [6.07, 6.45) is 0. The summed E-state index contributed by atoms with van der Waals surface area (Å²) in [5, 5.41) is 4.22. The van der Waals surface area contributed by atoms with Crippen LogP contribution in [0.1, 0.15) is 49.9 Å². The lowest BCUT2D eigenvalue weighted by atomic mass is 9.79. The minimum absolute atomic E-state index is 0.331. The van der Waals surface area contributed by atoms with E-state index in [2.05, 4.69) is 98.2 Å². The van der Waals surface area contributed by atoms with E-state index in [0.29, 0.717) is 0 Å². The minimum Gasteiger partial charge on any atom is -0.310 e. The molecule has 0 fully saturated rings. The summed E-state index contributed by atoms with van der Waals surface area (Å²) in [6, 6.07) is 52.0. The number of rotatable bonds is 6. The molecule has 0 atom stereocenters. The fourth-order valence-corrected chi connectivity index (χ4v) is 10.2. The van der Waals surface area contributed by atoms with Gasteiger partial charge in [-0.05, 0) is 177 Å². The molecule has 0 radical (unpaired) electrons. The number of nitrogens with zero attached hydrogens (tertiary/aromatic N) is 2. The van der Waals surface area contributed by atoms with Crippen molar-refractivity contribution >= 4 is 55.7 Å². The molecule has 0 aromatic heterocycles. The first-order valence-corrected chi connectivity index (χ1v) is 20.8. The van der Waals surface area contributed by atoms with Crippen molar-refractivity contribution in [3.05, 3.63) is 215 Å². The number of anilines is 6. The predicted molar refractivity (Wildman–Crippen MR) is 246 cm³/mol. The van der Waals surface area contributed by atoms with Crippen LogP contribution in [0.25, 0.3) is 43.8 Å². The van der Waals surface area contributed by atoms with Crippen LogP contribution < -0.4 is 9.80 Å². The van der Waals surface area contributed by atoms with Crippen LogP contribution in [0.3, 0.4) is 0 Å². The van der Waals surface area contributed by atoms with Crippen LogP contribution in [0.4, 0.5) is 51.7 Å². The van der Waals surface area contributed by atoms with Gasteiger partial charge in [-0.25, -0.2) is 17.6 Å². The molecule has 0 amide bonds. The Balaban J connectivity index is 1.13. The fraction of sp³-hybridized carbons (Fsp3) is 0.107. The highest BCUT2D eigenvalue weighted by Crippen LogP contribution is 2.60. The lowest BCUT2D eigenvalue weighted by Gasteiger charge is -2.30. The molecule has 2 nitrogen and oxygen atoms in total. The van der Waals surface area contributed by atoms with Crippen LogP contribution in [0.5, 0.6) is 0 Å². The van der Waals surface area contributed by atoms with Crippen molar-refractivity contribution in [2.24, 2.45) is 0 Å². The highest BCUT2D eigenvalue weighted by atomic mass is 19.1. The summed E-state index contributed by atoms with van der Waals surface area (Å²) in [6.45, 7) is 9.14. The van der Waals surface area contributed by atoms with Gasteiger partial charge in [0, 0.05) is 44.4 Å². The first kappa shape index (κ1) is 37.8. The summed E-state index contributed by atoms with van der Waals surface area (Å²) in [5.74, 6) is -1.32. The number of fused-ring (bicyclic) bond motifs is 10. The van der Waals surface area contributed by atoms with Gasteiger partial charge in [0.25, 0.3) is 0 Å². The van der Waals surface area contributed by atoms with E-state index in [1.807, 2.05) is 12.1 Å². The first-order chi connectivity index (χ1) is 29.9. The molecule has 0 aliphatic heterocycles. The molecule has 2 aliphatic carbocycles. The second-order valence-electron chi connectivity index (χ2n) is 17.5. The van der Waals surface area contributed by atoms with Gasteiger partial charge in [0.15, 0.2) is 0 Å². The highest BCUT2D eigenvalue weighted by Gasteiger charge is 2.44. The molecule has 0 heterocycles. The minimum atomic E-state index is -0.430. The maximum absolute atomic E-state index is 14.4. The van der Waals surface area contributed by atoms with Crippen molar-refractivity contribution in [1.82, 2.24) is 0 Å². The number of benzene rings is 9. The van der Waals surface area contributed by atoms with Crippen LogP contribution in [0.15, 0.2) is 170 Å². The second kappa shape index (κ2) is 13.7. The second-order valence-corrected chi connectivity index (χ2v) is 17.5. The molecular formula is C56H40F4N2. The number of hydrogen-bond acceptors (Lipinski definition) is 2. The Morgan fingerprint density at radius 2 is 0.597 bits per heavy atom. The van der Waals surface area contributed by atoms with Crippen molar-refractivity contribution in [3.8, 4) is 22.3 Å². The first-order valence-electron chi connectivity index (χ1n) is 20.8. The van der Waals surface area contributed by atoms with Crippen molar-refractivity contribution in [1.29, 1.82) is 0 Å². The van der Waals surface area contributed by atoms with Crippen molar-refractivity contribution in [3.63, 3.8) is 0 Å². The molecule has 0 unspecified atom stereocenters. The van der Waals surface area contributed by atoms with Gasteiger partial charge in [0.1, 0.15) is 23.3 Å². The summed E-state index contributed by atoms with van der Waals surface area (Å²) in [4.78, 5) is 4.18. The lowest BCUT2D eigenvalue weighted by molar-refractivity contribution is 0.627. The van der Waals surface area contributed by atoms with Gasteiger partial charge >= 0.3 is 0 Å². The molecule has 0 bridgehead atoms. The highest BCUT2D eigenvalue weighted by molar-refractivity contribution is 6.13. The van der Waals surface area contributed by atoms with Gasteiger partial charge in [-0.15, -0.1) is 0 Å². The third-order valence-corrected chi connectivity index (χ3v) is 13.3. The van der Waals surface area contributed by atoms with Crippen molar-refractivity contribution in [2.45, 2.75) is 38.5 Å². The molecule has 62 heavy (non-hydrogen) atoms. The summed E-state index contributed by atoms with van der Waals surface area (Å²) in [7, 11) is 0. The molecule has 9 aromatic rings. The van der Waals surface area contributed by atoms with Gasteiger partial charge in [-0.2, -0.15) is 0 Å². The van der Waals surface area contributed by atoms with Gasteiger partial charge in [-0.1, -0.05) is 76.2 Å².